The summed E-state index contributed by atoms with van der Waals surface area (Å²) < 4.78 is 5.08. The van der Waals surface area contributed by atoms with Crippen LogP contribution in [0.1, 0.15) is 13.8 Å². The molecule has 0 saturated carbocycles. The Balaban J connectivity index is 3.90. The lowest BCUT2D eigenvalue weighted by molar-refractivity contribution is 0.0886. The maximum absolute atomic E-state index is 2.58. The molecule has 6 heteroatoms. The van der Waals surface area contributed by atoms with Gasteiger partial charge in [-0.3, -0.25) is 9.68 Å². The first kappa shape index (κ1) is 11.5. The number of hydrazine groups is 1. The highest BCUT2D eigenvalue weighted by Gasteiger charge is 2.11. The van der Waals surface area contributed by atoms with Crippen LogP contribution in [0.25, 0.3) is 0 Å². The van der Waals surface area contributed by atoms with Crippen molar-refractivity contribution < 1.29 is 0 Å². The second kappa shape index (κ2) is 5.22. The lowest BCUT2D eigenvalue weighted by Gasteiger charge is -2.34. The van der Waals surface area contributed by atoms with Gasteiger partial charge in [0.05, 0.1) is 20.8 Å². The number of hydrogen-bond acceptors (Lipinski definition) is 3. The predicted octanol–water partition coefficient (Wildman–Crippen LogP) is -2.96. The van der Waals surface area contributed by atoms with Gasteiger partial charge < -0.3 is 3.90 Å². The first-order chi connectivity index (χ1) is 4.95. The Hall–Kier alpha value is 0.531. The summed E-state index contributed by atoms with van der Waals surface area (Å²) >= 11 is 0. The van der Waals surface area contributed by atoms with Crippen molar-refractivity contribution in [2.45, 2.75) is 19.9 Å². The molecule has 0 N–H and O–H groups in total. The lowest BCUT2D eigenvalue weighted by Crippen LogP contribution is -2.50. The van der Waals surface area contributed by atoms with Crippen molar-refractivity contribution in [2.75, 3.05) is 14.1 Å². The Morgan fingerprint density at radius 3 is 1.73 bits per heavy atom. The fourth-order valence-electron chi connectivity index (χ4n) is 1.04. The molecule has 3 nitrogen and oxygen atoms in total. The quantitative estimate of drug-likeness (QED) is 0.360. The predicted molar refractivity (Wildman–Crippen MR) is 60.9 cm³/mol. The Kier molecular flexibility index (Phi) is 5.48. The third kappa shape index (κ3) is 4.88. The molecule has 0 aliphatic heterocycles. The summed E-state index contributed by atoms with van der Waals surface area (Å²) in [4.78, 5) is 0. The third-order valence-corrected chi connectivity index (χ3v) is 5.39. The van der Waals surface area contributed by atoms with Crippen molar-refractivity contribution >= 4 is 30.7 Å². The average Bonchev–Trinajstić information content (AvgIpc) is 1.81. The fourth-order valence-corrected chi connectivity index (χ4v) is 3.94. The van der Waals surface area contributed by atoms with E-state index in [4.69, 9.17) is 0 Å². The molecule has 0 saturated heterocycles. The molecule has 11 heavy (non-hydrogen) atoms. The van der Waals surface area contributed by atoms with Crippen LogP contribution in [0, 0.1) is 0 Å². The molecule has 0 fully saturated rings. The minimum absolute atomic E-state index is 0.119. The van der Waals surface area contributed by atoms with Crippen LogP contribution in [0.2, 0.25) is 0 Å². The van der Waals surface area contributed by atoms with Gasteiger partial charge in [-0.25, -0.2) is 0 Å². The smallest absolute Gasteiger partial charge is 0.174 e. The number of nitrogens with zero attached hydrogens (tertiary/aromatic N) is 3. The molecule has 0 unspecified atom stereocenters. The Labute approximate surface area is 78.7 Å². The van der Waals surface area contributed by atoms with Gasteiger partial charge in [0.15, 0.2) is 9.84 Å². The van der Waals surface area contributed by atoms with E-state index in [9.17, 15) is 0 Å². The van der Waals surface area contributed by atoms with Gasteiger partial charge in [-0.2, -0.15) is 0 Å². The zero-order chi connectivity index (χ0) is 9.02. The van der Waals surface area contributed by atoms with E-state index in [0.29, 0.717) is 6.04 Å². The average molecular weight is 208 g/mol. The molecule has 0 aromatic heterocycles. The first-order valence-electron chi connectivity index (χ1n) is 4.03. The van der Waals surface area contributed by atoms with Crippen LogP contribution in [-0.4, -0.2) is 64.4 Å². The molecule has 0 spiro atoms. The summed E-state index contributed by atoms with van der Waals surface area (Å²) in [5, 5.41) is 2.24. The van der Waals surface area contributed by atoms with Crippen molar-refractivity contribution in [3.05, 3.63) is 0 Å². The molecule has 0 bridgehead atoms. The molecule has 0 heterocycles. The molecule has 0 aromatic carbocycles. The van der Waals surface area contributed by atoms with Crippen LogP contribution in [0.4, 0.5) is 0 Å². The van der Waals surface area contributed by atoms with E-state index in [1.165, 1.54) is 20.8 Å². The SMILES string of the molecule is CC(C)N([SiH2]N([SiH3])[SiH3])N(C)C. The second-order valence-electron chi connectivity index (χ2n) is 3.60. The largest absolute Gasteiger partial charge is 0.375 e. The lowest BCUT2D eigenvalue weighted by atomic mass is 10.4. The van der Waals surface area contributed by atoms with Crippen LogP contribution in [-0.2, 0) is 0 Å². The monoisotopic (exact) mass is 207 g/mol. The molecule has 68 valence electrons. The standard InChI is InChI=1S/C5H21N3Si3/c1-5(2)7(6(3)4)11-8(9)10/h5H,11H2,1-4,9-10H3. The summed E-state index contributed by atoms with van der Waals surface area (Å²) in [7, 11) is 6.65. The maximum Gasteiger partial charge on any atom is 0.174 e. The summed E-state index contributed by atoms with van der Waals surface area (Å²) in [6, 6.07) is 0.669. The Bertz CT molecular complexity index is 99.1. The van der Waals surface area contributed by atoms with Crippen LogP contribution < -0.4 is 0 Å². The first-order valence-corrected chi connectivity index (χ1v) is 7.09. The van der Waals surface area contributed by atoms with E-state index >= 15 is 0 Å². The van der Waals surface area contributed by atoms with Gasteiger partial charge >= 0.3 is 0 Å². The fraction of sp³-hybridized carbons (Fsp3) is 1.00. The minimum atomic E-state index is -0.119. The highest BCUT2D eigenvalue weighted by atomic mass is 28.3. The molecule has 0 aliphatic rings. The van der Waals surface area contributed by atoms with E-state index in [1.807, 2.05) is 0 Å². The van der Waals surface area contributed by atoms with E-state index < -0.39 is 0 Å². The zero-order valence-corrected chi connectivity index (χ0v) is 14.0. The second-order valence-corrected chi connectivity index (χ2v) is 13.2. The normalized spacial score (nSPS) is 14.2. The van der Waals surface area contributed by atoms with E-state index in [2.05, 4.69) is 41.5 Å². The van der Waals surface area contributed by atoms with Gasteiger partial charge in [0.25, 0.3) is 0 Å². The summed E-state index contributed by atoms with van der Waals surface area (Å²) in [6.45, 7) is 4.53. The highest BCUT2D eigenvalue weighted by Crippen LogP contribution is 1.97. The van der Waals surface area contributed by atoms with Crippen molar-refractivity contribution in [2.24, 2.45) is 0 Å². The van der Waals surface area contributed by atoms with Gasteiger partial charge in [-0.15, -0.1) is 0 Å². The van der Waals surface area contributed by atoms with Crippen LogP contribution in [0.5, 0.6) is 0 Å². The Morgan fingerprint density at radius 2 is 1.64 bits per heavy atom. The van der Waals surface area contributed by atoms with Crippen molar-refractivity contribution in [1.29, 1.82) is 0 Å². The Morgan fingerprint density at radius 1 is 1.18 bits per heavy atom. The highest BCUT2D eigenvalue weighted by molar-refractivity contribution is 6.50. The topological polar surface area (TPSA) is 9.72 Å². The molecular weight excluding hydrogens is 186 g/mol. The number of hydrogen-bond donors (Lipinski definition) is 0. The van der Waals surface area contributed by atoms with Gasteiger partial charge in [0.2, 0.25) is 0 Å². The van der Waals surface area contributed by atoms with E-state index in [-0.39, 0.29) is 9.84 Å². The number of rotatable bonds is 4. The summed E-state index contributed by atoms with van der Waals surface area (Å²) in [5.74, 6) is 0. The molecule has 0 aromatic rings. The van der Waals surface area contributed by atoms with Crippen LogP contribution in [0.3, 0.4) is 0 Å². The minimum Gasteiger partial charge on any atom is -0.375 e. The molecule has 0 rings (SSSR count). The summed E-state index contributed by atoms with van der Waals surface area (Å²) in [5.41, 5.74) is 0. The van der Waals surface area contributed by atoms with E-state index in [0.717, 1.165) is 0 Å². The third-order valence-electron chi connectivity index (χ3n) is 1.54. The van der Waals surface area contributed by atoms with Crippen molar-refractivity contribution in [1.82, 2.24) is 13.6 Å². The van der Waals surface area contributed by atoms with Gasteiger partial charge in [-0.05, 0) is 13.8 Å². The molecule has 0 atom stereocenters. The molecule has 0 radical (unpaired) electrons. The van der Waals surface area contributed by atoms with Crippen LogP contribution >= 0.6 is 0 Å². The summed E-state index contributed by atoms with van der Waals surface area (Å²) in [6.07, 6.45) is 0. The van der Waals surface area contributed by atoms with Gasteiger partial charge in [0.1, 0.15) is 0 Å². The van der Waals surface area contributed by atoms with Gasteiger partial charge in [0, 0.05) is 20.1 Å². The molecule has 0 amide bonds. The molecular formula is C5H21N3Si3. The van der Waals surface area contributed by atoms with Gasteiger partial charge in [-0.1, -0.05) is 0 Å². The van der Waals surface area contributed by atoms with Crippen molar-refractivity contribution in [3.8, 4) is 0 Å². The maximum atomic E-state index is 2.58. The molecule has 0 aliphatic carbocycles. The van der Waals surface area contributed by atoms with E-state index in [1.54, 1.807) is 0 Å². The van der Waals surface area contributed by atoms with Crippen LogP contribution in [0.15, 0.2) is 0 Å². The van der Waals surface area contributed by atoms with Crippen molar-refractivity contribution in [3.63, 3.8) is 0 Å². The zero-order valence-electron chi connectivity index (χ0n) is 8.63.